The molecule has 0 aromatic heterocycles. The average Bonchev–Trinajstić information content (AvgIpc) is 3.38. The second kappa shape index (κ2) is 10.1. The van der Waals surface area contributed by atoms with Crippen molar-refractivity contribution in [2.45, 2.75) is 44.6 Å². The van der Waals surface area contributed by atoms with Crippen molar-refractivity contribution >= 4 is 39.0 Å². The molecule has 2 saturated heterocycles. The van der Waals surface area contributed by atoms with Crippen molar-refractivity contribution in [2.24, 2.45) is 15.9 Å². The van der Waals surface area contributed by atoms with Crippen LogP contribution in [0.15, 0.2) is 46.4 Å². The zero-order chi connectivity index (χ0) is 28.9. The van der Waals surface area contributed by atoms with Crippen LogP contribution >= 0.6 is 0 Å². The Morgan fingerprint density at radius 1 is 1.02 bits per heavy atom. The van der Waals surface area contributed by atoms with Crippen LogP contribution in [0.25, 0.3) is 0 Å². The first kappa shape index (κ1) is 27.9. The first-order chi connectivity index (χ1) is 18.8. The quantitative estimate of drug-likeness (QED) is 0.280. The fourth-order valence-corrected chi connectivity index (χ4v) is 7.93. The van der Waals surface area contributed by atoms with Gasteiger partial charge in [-0.3, -0.25) is 25.7 Å². The molecule has 2 bridgehead atoms. The number of piperidine rings is 1. The van der Waals surface area contributed by atoms with Crippen LogP contribution in [-0.2, 0) is 14.8 Å². The first-order valence-corrected chi connectivity index (χ1v) is 14.5. The molecule has 2 aliphatic heterocycles. The fourth-order valence-electron chi connectivity index (χ4n) is 6.02. The molecule has 0 amide bonds. The van der Waals surface area contributed by atoms with Crippen molar-refractivity contribution in [2.75, 3.05) is 43.2 Å². The summed E-state index contributed by atoms with van der Waals surface area (Å²) < 4.78 is 34.7. The lowest BCUT2D eigenvalue weighted by Gasteiger charge is -2.42. The molecule has 214 valence electrons. The van der Waals surface area contributed by atoms with Crippen LogP contribution in [0.1, 0.15) is 39.2 Å². The third-order valence-electron chi connectivity index (χ3n) is 8.70. The molecule has 3 fully saturated rings. The van der Waals surface area contributed by atoms with Crippen molar-refractivity contribution < 1.29 is 23.0 Å². The van der Waals surface area contributed by atoms with Gasteiger partial charge in [-0.15, -0.1) is 0 Å². The number of hydrogen-bond acceptors (Lipinski definition) is 10. The van der Waals surface area contributed by atoms with Gasteiger partial charge >= 0.3 is 0 Å². The molecule has 0 spiro atoms. The number of hydrazone groups is 1. The number of fused-ring (bicyclic) bond motifs is 2. The summed E-state index contributed by atoms with van der Waals surface area (Å²) in [6.45, 7) is 8.94. The third-order valence-corrected chi connectivity index (χ3v) is 10.6. The second-order valence-electron chi connectivity index (χ2n) is 11.5. The van der Waals surface area contributed by atoms with E-state index in [1.54, 1.807) is 6.07 Å². The van der Waals surface area contributed by atoms with Gasteiger partial charge in [0.25, 0.3) is 11.4 Å². The number of nitrogens with one attached hydrogen (secondary N) is 1. The number of benzene rings is 2. The minimum absolute atomic E-state index is 0.0196. The number of ether oxygens (including phenoxy) is 1. The molecule has 1 aliphatic carbocycles. The summed E-state index contributed by atoms with van der Waals surface area (Å²) in [4.78, 5) is 23.6. The average molecular weight is 573 g/mol. The lowest BCUT2D eigenvalue weighted by Crippen LogP contribution is -2.46. The number of nitrogens with zero attached hydrogens (tertiary/aromatic N) is 5. The Morgan fingerprint density at radius 2 is 1.68 bits per heavy atom. The molecular weight excluding hydrogens is 540 g/mol. The lowest BCUT2D eigenvalue weighted by atomic mass is 9.69. The van der Waals surface area contributed by atoms with Crippen LogP contribution < -0.4 is 10.3 Å². The highest BCUT2D eigenvalue weighted by molar-refractivity contribution is 7.89. The number of anilines is 2. The van der Waals surface area contributed by atoms with Gasteiger partial charge in [-0.05, 0) is 35.8 Å². The molecule has 0 unspecified atom stereocenters. The maximum absolute atomic E-state index is 13.9. The predicted molar refractivity (Wildman–Crippen MR) is 149 cm³/mol. The normalized spacial score (nSPS) is 24.5. The molecule has 2 heterocycles. The van der Waals surface area contributed by atoms with Crippen LogP contribution in [-0.4, -0.2) is 67.7 Å². The first-order valence-electron chi connectivity index (χ1n) is 13.0. The van der Waals surface area contributed by atoms with Crippen LogP contribution in [0.4, 0.5) is 22.7 Å². The van der Waals surface area contributed by atoms with Gasteiger partial charge in [-0.25, -0.2) is 8.42 Å². The van der Waals surface area contributed by atoms with Gasteiger partial charge in [0.1, 0.15) is 4.90 Å². The highest BCUT2D eigenvalue weighted by Crippen LogP contribution is 2.60. The minimum atomic E-state index is -4.10. The molecule has 1 saturated carbocycles. The topological polar surface area (TPSA) is 161 Å². The van der Waals surface area contributed by atoms with Crippen LogP contribution in [0, 0.1) is 31.1 Å². The number of rotatable bonds is 8. The van der Waals surface area contributed by atoms with Gasteiger partial charge in [0.05, 0.1) is 35.0 Å². The number of nitro benzene ring substituents is 2. The smallest absolute Gasteiger partial charge is 0.270 e. The summed E-state index contributed by atoms with van der Waals surface area (Å²) in [5.41, 5.74) is 3.31. The summed E-state index contributed by atoms with van der Waals surface area (Å²) in [7, 11) is -4.10. The number of sulfonamides is 1. The fraction of sp³-hybridized carbons (Fsp3) is 0.500. The van der Waals surface area contributed by atoms with E-state index in [0.717, 1.165) is 18.2 Å². The Bertz CT molecular complexity index is 1490. The molecule has 1 N–H and O–H groups in total. The van der Waals surface area contributed by atoms with Gasteiger partial charge in [0.2, 0.25) is 10.0 Å². The Morgan fingerprint density at radius 3 is 2.27 bits per heavy atom. The number of non-ortho nitro benzene ring substituents is 2. The van der Waals surface area contributed by atoms with E-state index in [1.807, 2.05) is 4.90 Å². The van der Waals surface area contributed by atoms with Crippen molar-refractivity contribution in [3.63, 3.8) is 0 Å². The molecular formula is C26H32N6O7S. The standard InChI is InChI=1S/C26H32N6O7S/c1-25(2)14-21-15-26(25,3)17-30(21)40(37,38)24-13-20(32(35)36)4-6-22(24)28-27-16-18-12-19(31(33)34)5-7-23(18)29-8-10-39-11-9-29/h4-7,12-13,16,21,28H,8-11,14-15,17H2,1-3H3/b27-16-/t21-,26-/m0/s1. The largest absolute Gasteiger partial charge is 0.378 e. The van der Waals surface area contributed by atoms with Gasteiger partial charge in [-0.2, -0.15) is 9.41 Å². The summed E-state index contributed by atoms with van der Waals surface area (Å²) in [5, 5.41) is 27.2. The molecule has 40 heavy (non-hydrogen) atoms. The molecule has 2 atom stereocenters. The van der Waals surface area contributed by atoms with Gasteiger partial charge in [-0.1, -0.05) is 20.8 Å². The summed E-state index contributed by atoms with van der Waals surface area (Å²) >= 11 is 0. The van der Waals surface area contributed by atoms with E-state index in [0.29, 0.717) is 44.8 Å². The monoisotopic (exact) mass is 572 g/mol. The van der Waals surface area contributed by atoms with E-state index in [-0.39, 0.29) is 38.8 Å². The molecule has 2 aromatic rings. The van der Waals surface area contributed by atoms with E-state index < -0.39 is 19.9 Å². The van der Waals surface area contributed by atoms with Crippen molar-refractivity contribution in [3.05, 3.63) is 62.2 Å². The Hall–Kier alpha value is -3.62. The molecule has 0 radical (unpaired) electrons. The molecule has 14 heteroatoms. The Balaban J connectivity index is 1.47. The molecule has 13 nitrogen and oxygen atoms in total. The van der Waals surface area contributed by atoms with Crippen LogP contribution in [0.5, 0.6) is 0 Å². The van der Waals surface area contributed by atoms with E-state index in [1.165, 1.54) is 34.8 Å². The number of morpholine rings is 1. The Kier molecular flexibility index (Phi) is 7.04. The summed E-state index contributed by atoms with van der Waals surface area (Å²) in [6.07, 6.45) is 2.82. The summed E-state index contributed by atoms with van der Waals surface area (Å²) in [6, 6.07) is 7.86. The predicted octanol–water partition coefficient (Wildman–Crippen LogP) is 3.98. The number of nitro groups is 2. The highest BCUT2D eigenvalue weighted by Gasteiger charge is 2.60. The lowest BCUT2D eigenvalue weighted by molar-refractivity contribution is -0.385. The van der Waals surface area contributed by atoms with Crippen molar-refractivity contribution in [3.8, 4) is 0 Å². The van der Waals surface area contributed by atoms with Gasteiger partial charge in [0, 0.05) is 61.2 Å². The molecule has 2 aromatic carbocycles. The minimum Gasteiger partial charge on any atom is -0.378 e. The summed E-state index contributed by atoms with van der Waals surface area (Å²) in [5.74, 6) is 0. The second-order valence-corrected chi connectivity index (χ2v) is 13.3. The SMILES string of the molecule is CC1(C)C[C@H]2C[C@@]1(C)CN2S(=O)(=O)c1cc([N+](=O)[O-])ccc1N/N=C\c1cc([N+](=O)[O-])ccc1N1CCOCC1. The van der Waals surface area contributed by atoms with E-state index in [9.17, 15) is 28.6 Å². The van der Waals surface area contributed by atoms with Crippen LogP contribution in [0.2, 0.25) is 0 Å². The van der Waals surface area contributed by atoms with Gasteiger partial charge < -0.3 is 9.64 Å². The molecule has 3 aliphatic rings. The van der Waals surface area contributed by atoms with Crippen molar-refractivity contribution in [1.29, 1.82) is 0 Å². The van der Waals surface area contributed by atoms with Crippen molar-refractivity contribution in [1.82, 2.24) is 4.31 Å². The zero-order valence-corrected chi connectivity index (χ0v) is 23.4. The van der Waals surface area contributed by atoms with E-state index in [4.69, 9.17) is 4.74 Å². The maximum atomic E-state index is 13.9. The zero-order valence-electron chi connectivity index (χ0n) is 22.6. The van der Waals surface area contributed by atoms with E-state index in [2.05, 4.69) is 31.3 Å². The number of hydrogen-bond donors (Lipinski definition) is 1. The van der Waals surface area contributed by atoms with E-state index >= 15 is 0 Å². The Labute approximate surface area is 232 Å². The maximum Gasteiger partial charge on any atom is 0.270 e. The third kappa shape index (κ3) is 4.90. The van der Waals surface area contributed by atoms with Crippen LogP contribution in [0.3, 0.4) is 0 Å². The van der Waals surface area contributed by atoms with Gasteiger partial charge in [0.15, 0.2) is 0 Å². The highest BCUT2D eigenvalue weighted by atomic mass is 32.2. The molecule has 5 rings (SSSR count).